The average Bonchev–Trinajstić information content (AvgIpc) is 2.90. The maximum absolute atomic E-state index is 13.4. The van der Waals surface area contributed by atoms with Crippen LogP contribution in [0, 0.1) is 0 Å². The number of benzene rings is 4. The van der Waals surface area contributed by atoms with Crippen molar-refractivity contribution >= 4 is 58.2 Å². The number of carbonyl (C=O) groups is 2. The summed E-state index contributed by atoms with van der Waals surface area (Å²) in [4.78, 5) is 26.6. The molecule has 39 heavy (non-hydrogen) atoms. The van der Waals surface area contributed by atoms with Crippen molar-refractivity contribution in [2.75, 3.05) is 10.6 Å². The summed E-state index contributed by atoms with van der Waals surface area (Å²) >= 11 is 13.2. The van der Waals surface area contributed by atoms with Crippen molar-refractivity contribution in [1.29, 1.82) is 0 Å². The molecule has 1 unspecified atom stereocenters. The molecule has 4 aromatic rings. The van der Waals surface area contributed by atoms with Gasteiger partial charge >= 0.3 is 6.18 Å². The molecular formula is C29H21Cl2F3N2O2S. The molecule has 0 heterocycles. The molecule has 2 amide bonds. The lowest BCUT2D eigenvalue weighted by atomic mass is 10.1. The molecule has 0 radical (unpaired) electrons. The van der Waals surface area contributed by atoms with Gasteiger partial charge in [0.05, 0.1) is 22.7 Å². The van der Waals surface area contributed by atoms with Gasteiger partial charge in [-0.3, -0.25) is 9.59 Å². The molecule has 0 saturated heterocycles. The summed E-state index contributed by atoms with van der Waals surface area (Å²) in [5.41, 5.74) is 0.915. The molecule has 10 heteroatoms. The third kappa shape index (κ3) is 8.02. The number of anilines is 2. The number of thioether (sulfide) groups is 1. The molecule has 4 nitrogen and oxygen atoms in total. The highest BCUT2D eigenvalue weighted by molar-refractivity contribution is 8.00. The van der Waals surface area contributed by atoms with Gasteiger partial charge in [-0.25, -0.2) is 0 Å². The molecule has 0 aliphatic heterocycles. The molecule has 0 bridgehead atoms. The number of hydrogen-bond donors (Lipinski definition) is 2. The third-order valence-corrected chi connectivity index (χ3v) is 7.37. The van der Waals surface area contributed by atoms with Crippen molar-refractivity contribution < 1.29 is 22.8 Å². The second-order valence-corrected chi connectivity index (χ2v) is 10.5. The molecule has 0 saturated carbocycles. The quantitative estimate of drug-likeness (QED) is 0.202. The molecule has 0 aromatic heterocycles. The lowest BCUT2D eigenvalue weighted by molar-refractivity contribution is -0.137. The molecule has 0 fully saturated rings. The molecule has 1 atom stereocenters. The Morgan fingerprint density at radius 3 is 2.23 bits per heavy atom. The molecule has 2 N–H and O–H groups in total. The van der Waals surface area contributed by atoms with E-state index in [2.05, 4.69) is 10.6 Å². The lowest BCUT2D eigenvalue weighted by Gasteiger charge is -2.19. The highest BCUT2D eigenvalue weighted by Crippen LogP contribution is 2.39. The van der Waals surface area contributed by atoms with E-state index in [0.29, 0.717) is 21.2 Å². The predicted molar refractivity (Wildman–Crippen MR) is 150 cm³/mol. The van der Waals surface area contributed by atoms with Gasteiger partial charge in [-0.15, -0.1) is 11.8 Å². The number of carbonyl (C=O) groups excluding carboxylic acids is 2. The van der Waals surface area contributed by atoms with E-state index in [0.717, 1.165) is 23.8 Å². The Hall–Kier alpha value is -3.46. The van der Waals surface area contributed by atoms with E-state index in [1.54, 1.807) is 78.9 Å². The SMILES string of the molecule is O=C(Cc1ccc(Cl)cc1)Nc1cccc(SC(C(=O)Nc2cc(C(F)(F)F)ccc2Cl)c2ccccc2)c1. The summed E-state index contributed by atoms with van der Waals surface area (Å²) in [6.45, 7) is 0. The second-order valence-electron chi connectivity index (χ2n) is 8.47. The number of nitrogens with one attached hydrogen (secondary N) is 2. The van der Waals surface area contributed by atoms with Crippen LogP contribution in [0.15, 0.2) is 102 Å². The fourth-order valence-electron chi connectivity index (χ4n) is 3.67. The first-order valence-corrected chi connectivity index (χ1v) is 13.3. The van der Waals surface area contributed by atoms with Crippen LogP contribution in [0.2, 0.25) is 10.0 Å². The van der Waals surface area contributed by atoms with Crippen molar-refractivity contribution in [3.63, 3.8) is 0 Å². The average molecular weight is 589 g/mol. The molecule has 0 aliphatic rings. The largest absolute Gasteiger partial charge is 0.416 e. The Labute approximate surface area is 237 Å². The van der Waals surface area contributed by atoms with Crippen molar-refractivity contribution in [2.45, 2.75) is 22.7 Å². The zero-order valence-corrected chi connectivity index (χ0v) is 22.5. The first-order chi connectivity index (χ1) is 18.6. The monoisotopic (exact) mass is 588 g/mol. The van der Waals surface area contributed by atoms with Crippen LogP contribution >= 0.6 is 35.0 Å². The van der Waals surface area contributed by atoms with E-state index in [-0.39, 0.29) is 23.0 Å². The minimum Gasteiger partial charge on any atom is -0.326 e. The van der Waals surface area contributed by atoms with Crippen LogP contribution in [-0.4, -0.2) is 11.8 Å². The van der Waals surface area contributed by atoms with Crippen LogP contribution in [0.3, 0.4) is 0 Å². The van der Waals surface area contributed by atoms with Crippen LogP contribution in [0.25, 0.3) is 0 Å². The number of halogens is 5. The van der Waals surface area contributed by atoms with E-state index >= 15 is 0 Å². The first kappa shape index (κ1) is 28.5. The summed E-state index contributed by atoms with van der Waals surface area (Å²) in [7, 11) is 0. The Morgan fingerprint density at radius 1 is 0.821 bits per heavy atom. The van der Waals surface area contributed by atoms with Crippen LogP contribution in [0.1, 0.15) is 21.9 Å². The van der Waals surface area contributed by atoms with E-state index in [9.17, 15) is 22.8 Å². The van der Waals surface area contributed by atoms with Gasteiger partial charge in [-0.05, 0) is 59.7 Å². The maximum atomic E-state index is 13.4. The fourth-order valence-corrected chi connectivity index (χ4v) is 5.05. The van der Waals surface area contributed by atoms with Gasteiger partial charge < -0.3 is 10.6 Å². The molecule has 0 aliphatic carbocycles. The van der Waals surface area contributed by atoms with Gasteiger partial charge in [0.25, 0.3) is 0 Å². The lowest BCUT2D eigenvalue weighted by Crippen LogP contribution is -2.20. The number of hydrogen-bond acceptors (Lipinski definition) is 3. The zero-order chi connectivity index (χ0) is 28.0. The number of alkyl halides is 3. The van der Waals surface area contributed by atoms with Gasteiger partial charge in [0.15, 0.2) is 0 Å². The predicted octanol–water partition coefficient (Wildman–Crippen LogP) is 8.67. The van der Waals surface area contributed by atoms with Gasteiger partial charge in [0, 0.05) is 15.6 Å². The third-order valence-electron chi connectivity index (χ3n) is 5.54. The van der Waals surface area contributed by atoms with Crippen LogP contribution in [0.5, 0.6) is 0 Å². The maximum Gasteiger partial charge on any atom is 0.416 e. The van der Waals surface area contributed by atoms with Gasteiger partial charge in [-0.1, -0.05) is 71.7 Å². The van der Waals surface area contributed by atoms with Gasteiger partial charge in [0.1, 0.15) is 5.25 Å². The summed E-state index contributed by atoms with van der Waals surface area (Å²) in [5.74, 6) is -0.777. The van der Waals surface area contributed by atoms with Crippen LogP contribution < -0.4 is 10.6 Å². The van der Waals surface area contributed by atoms with Crippen molar-refractivity contribution in [3.05, 3.63) is 124 Å². The summed E-state index contributed by atoms with van der Waals surface area (Å²) in [6, 6.07) is 25.5. The van der Waals surface area contributed by atoms with Crippen molar-refractivity contribution in [1.82, 2.24) is 0 Å². The Bertz CT molecular complexity index is 1470. The summed E-state index contributed by atoms with van der Waals surface area (Å²) in [6.07, 6.45) is -4.43. The van der Waals surface area contributed by atoms with Crippen LogP contribution in [-0.2, 0) is 22.2 Å². The highest BCUT2D eigenvalue weighted by atomic mass is 35.5. The highest BCUT2D eigenvalue weighted by Gasteiger charge is 2.31. The molecule has 200 valence electrons. The normalized spacial score (nSPS) is 12.0. The van der Waals surface area contributed by atoms with E-state index < -0.39 is 22.9 Å². The van der Waals surface area contributed by atoms with Crippen LogP contribution in [0.4, 0.5) is 24.5 Å². The molecule has 4 rings (SSSR count). The Balaban J connectivity index is 1.53. The van der Waals surface area contributed by atoms with Crippen molar-refractivity contribution in [3.8, 4) is 0 Å². The Morgan fingerprint density at radius 2 is 1.54 bits per heavy atom. The van der Waals surface area contributed by atoms with E-state index in [1.165, 1.54) is 11.8 Å². The standard InChI is InChI=1S/C29H21Cl2F3N2O2S/c30-21-12-9-18(10-13-21)15-26(37)35-22-7-4-8-23(17-22)39-27(19-5-2-1-3-6-19)28(38)36-25-16-20(29(32,33)34)11-14-24(25)31/h1-14,16-17,27H,15H2,(H,35,37)(H,36,38). The zero-order valence-electron chi connectivity index (χ0n) is 20.1. The van der Waals surface area contributed by atoms with E-state index in [4.69, 9.17) is 23.2 Å². The molecule has 4 aromatic carbocycles. The number of rotatable bonds is 8. The van der Waals surface area contributed by atoms with Gasteiger partial charge in [-0.2, -0.15) is 13.2 Å². The molecule has 0 spiro atoms. The minimum absolute atomic E-state index is 0.0152. The Kier molecular flexibility index (Phi) is 9.22. The summed E-state index contributed by atoms with van der Waals surface area (Å²) < 4.78 is 39.7. The fraction of sp³-hybridized carbons (Fsp3) is 0.103. The minimum atomic E-state index is -4.59. The van der Waals surface area contributed by atoms with Gasteiger partial charge in [0.2, 0.25) is 11.8 Å². The topological polar surface area (TPSA) is 58.2 Å². The second kappa shape index (κ2) is 12.6. The summed E-state index contributed by atoms with van der Waals surface area (Å²) in [5, 5.41) is 5.14. The number of amides is 2. The first-order valence-electron chi connectivity index (χ1n) is 11.6. The molecular weight excluding hydrogens is 568 g/mol. The van der Waals surface area contributed by atoms with Crippen molar-refractivity contribution in [2.24, 2.45) is 0 Å². The van der Waals surface area contributed by atoms with E-state index in [1.807, 2.05) is 0 Å². The smallest absolute Gasteiger partial charge is 0.326 e.